The second kappa shape index (κ2) is 17.9. The number of para-hydroxylation sites is 1. The Balaban J connectivity index is 1.02. The molecule has 0 saturated carbocycles. The van der Waals surface area contributed by atoms with E-state index in [2.05, 4.69) is 47.2 Å². The van der Waals surface area contributed by atoms with Gasteiger partial charge in [-0.1, -0.05) is 31.2 Å². The van der Waals surface area contributed by atoms with Crippen LogP contribution >= 0.6 is 0 Å². The fourth-order valence-corrected chi connectivity index (χ4v) is 9.04. The predicted octanol–water partition coefficient (Wildman–Crippen LogP) is 5.05. The van der Waals surface area contributed by atoms with E-state index in [0.717, 1.165) is 76.7 Å². The number of anilines is 1. The monoisotopic (exact) mass is 798 g/mol. The highest BCUT2D eigenvalue weighted by molar-refractivity contribution is 6.40. The van der Waals surface area contributed by atoms with Gasteiger partial charge in [0.15, 0.2) is 0 Å². The number of hydrogen-bond donors (Lipinski definition) is 3. The number of piperidine rings is 2. The number of amides is 4. The first-order chi connectivity index (χ1) is 28.7. The van der Waals surface area contributed by atoms with Gasteiger partial charge < -0.3 is 29.9 Å². The summed E-state index contributed by atoms with van der Waals surface area (Å²) in [6, 6.07) is 16.2. The Bertz CT molecular complexity index is 2370. The summed E-state index contributed by atoms with van der Waals surface area (Å²) in [6.45, 7) is 10.2. The quantitative estimate of drug-likeness (QED) is 0.166. The van der Waals surface area contributed by atoms with Gasteiger partial charge in [0.05, 0.1) is 11.7 Å². The van der Waals surface area contributed by atoms with E-state index in [1.807, 2.05) is 66.4 Å². The highest BCUT2D eigenvalue weighted by Gasteiger charge is 2.32. The van der Waals surface area contributed by atoms with E-state index in [-0.39, 0.29) is 41.5 Å². The fraction of sp³-hybridized carbons (Fsp3) is 0.444. The number of aliphatic imine (C=N–C) groups is 1. The number of nitrogens with zero attached hydrogens (tertiary/aromatic N) is 7. The van der Waals surface area contributed by atoms with E-state index in [1.165, 1.54) is 0 Å². The molecule has 0 spiro atoms. The zero-order chi connectivity index (χ0) is 40.9. The van der Waals surface area contributed by atoms with E-state index in [0.29, 0.717) is 58.5 Å². The van der Waals surface area contributed by atoms with Crippen molar-refractivity contribution >= 4 is 51.1 Å². The van der Waals surface area contributed by atoms with Gasteiger partial charge in [0, 0.05) is 80.2 Å². The van der Waals surface area contributed by atoms with Gasteiger partial charge in [-0.05, 0) is 117 Å². The summed E-state index contributed by atoms with van der Waals surface area (Å²) in [5.74, 6) is -0.520. The molecule has 14 heteroatoms. The Morgan fingerprint density at radius 3 is 2.37 bits per heavy atom. The lowest BCUT2D eigenvalue weighted by Gasteiger charge is -2.37. The highest BCUT2D eigenvalue weighted by Crippen LogP contribution is 2.28. The first-order valence-electron chi connectivity index (χ1n) is 21.1. The summed E-state index contributed by atoms with van der Waals surface area (Å²) in [5, 5.41) is 12.2. The number of H-pyrrole nitrogens is 2. The maximum Gasteiger partial charge on any atom is 0.318 e. The smallest absolute Gasteiger partial charge is 0.318 e. The highest BCUT2D eigenvalue weighted by atomic mass is 16.2. The number of aromatic amines is 2. The maximum absolute atomic E-state index is 14.6. The van der Waals surface area contributed by atoms with Crippen LogP contribution in [0.2, 0.25) is 0 Å². The van der Waals surface area contributed by atoms with Crippen molar-refractivity contribution in [1.82, 2.24) is 40.2 Å². The normalized spacial score (nSPS) is 18.1. The molecular formula is C45H54N10O4. The van der Waals surface area contributed by atoms with Crippen LogP contribution in [0.4, 0.5) is 10.5 Å². The van der Waals surface area contributed by atoms with Gasteiger partial charge in [-0.2, -0.15) is 5.10 Å². The molecule has 1 atom stereocenters. The lowest BCUT2D eigenvalue weighted by Crippen LogP contribution is -2.52. The Hall–Kier alpha value is -5.89. The van der Waals surface area contributed by atoms with Crippen LogP contribution in [0.5, 0.6) is 0 Å². The van der Waals surface area contributed by atoms with Crippen LogP contribution in [-0.2, 0) is 16.0 Å². The third-order valence-electron chi connectivity index (χ3n) is 12.6. The van der Waals surface area contributed by atoms with Crippen molar-refractivity contribution in [2.75, 3.05) is 63.8 Å². The molecule has 0 radical (unpaired) electrons. The van der Waals surface area contributed by atoms with Crippen molar-refractivity contribution in [3.05, 3.63) is 100 Å². The number of hydrogen-bond acceptors (Lipinski definition) is 8. The molecule has 0 bridgehead atoms. The van der Waals surface area contributed by atoms with Gasteiger partial charge in [0.25, 0.3) is 17.4 Å². The van der Waals surface area contributed by atoms with Gasteiger partial charge in [0.1, 0.15) is 11.8 Å². The number of rotatable bonds is 10. The van der Waals surface area contributed by atoms with E-state index in [4.69, 9.17) is 0 Å². The summed E-state index contributed by atoms with van der Waals surface area (Å²) < 4.78 is 0. The topological polar surface area (TPSA) is 163 Å². The van der Waals surface area contributed by atoms with Gasteiger partial charge in [-0.15, -0.1) is 0 Å². The zero-order valence-corrected chi connectivity index (χ0v) is 34.0. The molecule has 3 fully saturated rings. The number of fused-ring (bicyclic) bond motifs is 2. The number of carbonyl (C=O) groups excluding carboxylic acids is 3. The van der Waals surface area contributed by atoms with Crippen LogP contribution in [0, 0.1) is 12.8 Å². The van der Waals surface area contributed by atoms with Crippen LogP contribution in [0.1, 0.15) is 61.6 Å². The van der Waals surface area contributed by atoms with Crippen LogP contribution in [0.15, 0.2) is 83.0 Å². The van der Waals surface area contributed by atoms with Gasteiger partial charge in [-0.25, -0.2) is 9.79 Å². The van der Waals surface area contributed by atoms with E-state index in [9.17, 15) is 19.2 Å². The van der Waals surface area contributed by atoms with Crippen molar-refractivity contribution in [1.29, 1.82) is 0 Å². The zero-order valence-electron chi connectivity index (χ0n) is 34.0. The first kappa shape index (κ1) is 39.9. The number of carbonyl (C=O) groups is 3. The van der Waals surface area contributed by atoms with E-state index < -0.39 is 11.9 Å². The minimum atomic E-state index is -1.01. The molecule has 5 aromatic rings. The van der Waals surface area contributed by atoms with Crippen LogP contribution in [0.3, 0.4) is 0 Å². The number of piperazine rings is 1. The van der Waals surface area contributed by atoms with Gasteiger partial charge in [-0.3, -0.25) is 24.5 Å². The summed E-state index contributed by atoms with van der Waals surface area (Å²) in [6.07, 6.45) is 8.98. The van der Waals surface area contributed by atoms with Crippen molar-refractivity contribution < 1.29 is 14.4 Å². The molecule has 0 aliphatic carbocycles. The molecule has 2 aromatic carbocycles. The number of aromatic nitrogens is 4. The Morgan fingerprint density at radius 1 is 0.881 bits per heavy atom. The minimum absolute atomic E-state index is 0.00317. The molecule has 3 aromatic heterocycles. The van der Waals surface area contributed by atoms with Crippen LogP contribution in [0.25, 0.3) is 21.8 Å². The standard InChI is InChI=1S/C45H54N10O4/c1-3-52-16-10-31(11-17-52)26-40(44(58)54-22-20-53(21-23-54)36-8-14-46-15-9-36)49-43(57)39(27-32-24-30(2)41-35(25-32)29-47-51-41)50-45(59)55-18-12-33(13-19-55)37-28-34-6-4-5-7-38(34)48-42(37)56/h4-9,14-15,24-25,28-29,31,33,39H,3,10-13,16-23,26-27H2,1-2H3,(H,47,51)(H,48,56)(H,50,59)/t39-/m1/s1. The summed E-state index contributed by atoms with van der Waals surface area (Å²) in [5.41, 5.74) is 5.50. The maximum atomic E-state index is 14.6. The fourth-order valence-electron chi connectivity index (χ4n) is 9.04. The molecule has 3 saturated heterocycles. The third-order valence-corrected chi connectivity index (χ3v) is 12.6. The van der Waals surface area contributed by atoms with Crippen molar-refractivity contribution in [3.63, 3.8) is 0 Å². The Labute approximate surface area is 344 Å². The molecule has 3 aliphatic heterocycles. The minimum Gasteiger partial charge on any atom is -0.368 e. The third kappa shape index (κ3) is 9.22. The lowest BCUT2D eigenvalue weighted by molar-refractivity contribution is -0.125. The number of aryl methyl sites for hydroxylation is 1. The number of urea groups is 1. The molecule has 4 amide bonds. The van der Waals surface area contributed by atoms with Crippen LogP contribution < -0.4 is 15.8 Å². The molecule has 6 heterocycles. The Kier molecular flexibility index (Phi) is 12.1. The molecule has 3 aliphatic rings. The second-order valence-electron chi connectivity index (χ2n) is 16.3. The SMILES string of the molecule is CCN1CCC(CC(=NC(=O)[C@@H](Cc2cc(C)c3[nH]ncc3c2)NC(=O)N2CCC(c3cc4ccccc4[nH]c3=O)CC2)C(=O)N2CCN(c3ccncc3)CC2)CC1. The Morgan fingerprint density at radius 2 is 1.63 bits per heavy atom. The van der Waals surface area contributed by atoms with Gasteiger partial charge in [0.2, 0.25) is 0 Å². The van der Waals surface area contributed by atoms with E-state index >= 15 is 0 Å². The second-order valence-corrected chi connectivity index (χ2v) is 16.3. The molecule has 8 rings (SSSR count). The van der Waals surface area contributed by atoms with Crippen molar-refractivity contribution in [3.8, 4) is 0 Å². The van der Waals surface area contributed by atoms with Gasteiger partial charge >= 0.3 is 6.03 Å². The molecule has 14 nitrogen and oxygen atoms in total. The first-order valence-corrected chi connectivity index (χ1v) is 21.1. The number of benzene rings is 2. The largest absolute Gasteiger partial charge is 0.368 e. The number of pyridine rings is 2. The molecule has 308 valence electrons. The predicted molar refractivity (Wildman–Crippen MR) is 230 cm³/mol. The molecular weight excluding hydrogens is 745 g/mol. The molecule has 59 heavy (non-hydrogen) atoms. The summed E-state index contributed by atoms with van der Waals surface area (Å²) in [7, 11) is 0. The average molecular weight is 799 g/mol. The van der Waals surface area contributed by atoms with Crippen molar-refractivity contribution in [2.24, 2.45) is 10.9 Å². The number of nitrogens with one attached hydrogen (secondary N) is 3. The molecule has 0 unspecified atom stereocenters. The summed E-state index contributed by atoms with van der Waals surface area (Å²) >= 11 is 0. The lowest BCUT2D eigenvalue weighted by atomic mass is 9.89. The van der Waals surface area contributed by atoms with Crippen LogP contribution in [-0.4, -0.2) is 123 Å². The average Bonchev–Trinajstić information content (AvgIpc) is 3.76. The summed E-state index contributed by atoms with van der Waals surface area (Å²) in [4.78, 5) is 76.1. The number of likely N-dealkylation sites (tertiary alicyclic amines) is 2. The van der Waals surface area contributed by atoms with E-state index in [1.54, 1.807) is 23.5 Å². The van der Waals surface area contributed by atoms with Crippen molar-refractivity contribution in [2.45, 2.75) is 64.3 Å². The molecule has 3 N–H and O–H groups in total.